The van der Waals surface area contributed by atoms with Crippen molar-refractivity contribution in [2.45, 2.75) is 58.7 Å². The van der Waals surface area contributed by atoms with Crippen LogP contribution in [0.3, 0.4) is 0 Å². The fourth-order valence-corrected chi connectivity index (χ4v) is 3.74. The molecule has 0 fully saturated rings. The van der Waals surface area contributed by atoms with Gasteiger partial charge in [-0.3, -0.25) is 4.90 Å². The molecule has 2 aromatic rings. The van der Waals surface area contributed by atoms with Gasteiger partial charge in [0.25, 0.3) is 0 Å². The topological polar surface area (TPSA) is 78.5 Å². The number of carbonyl (C=O) groups excluding carboxylic acids is 1. The molecule has 0 saturated carbocycles. The molecule has 2 aromatic carbocycles. The van der Waals surface area contributed by atoms with Gasteiger partial charge in [-0.05, 0) is 38.8 Å². The van der Waals surface area contributed by atoms with E-state index in [1.165, 1.54) is 0 Å². The average molecular weight is 563 g/mol. The second-order valence-corrected chi connectivity index (χ2v) is 10.5. The minimum Gasteiger partial charge on any atom is -0.444 e. The minimum absolute atomic E-state index is 0.277. The van der Waals surface area contributed by atoms with E-state index in [1.807, 2.05) is 57.2 Å². The number of alkyl carbamates (subject to hydrolysis) is 1. The van der Waals surface area contributed by atoms with Crippen LogP contribution in [0.1, 0.15) is 38.8 Å². The standard InChI is InChI=1S/C31H47FN2O6/c1-26(29(32)25-34(23-27-11-7-5-8-12-27)24-28-13-9-6-10-14-28)39-22-21-38-20-19-37-18-17-36-16-15-33-30(35)40-31(2,3)4/h5-14,26,29H,15-25H2,1-4H3,(H,33,35). The summed E-state index contributed by atoms with van der Waals surface area (Å²) in [7, 11) is 0. The summed E-state index contributed by atoms with van der Waals surface area (Å²) in [5, 5.41) is 2.63. The van der Waals surface area contributed by atoms with E-state index < -0.39 is 24.0 Å². The van der Waals surface area contributed by atoms with Crippen LogP contribution in [-0.4, -0.2) is 88.2 Å². The van der Waals surface area contributed by atoms with Crippen LogP contribution >= 0.6 is 0 Å². The molecule has 2 rings (SSSR count). The maximum Gasteiger partial charge on any atom is 0.407 e. The van der Waals surface area contributed by atoms with E-state index in [9.17, 15) is 4.79 Å². The first kappa shape index (κ1) is 33.6. The summed E-state index contributed by atoms with van der Waals surface area (Å²) in [6.07, 6.45) is -2.14. The van der Waals surface area contributed by atoms with Gasteiger partial charge in [0.15, 0.2) is 0 Å². The number of benzene rings is 2. The van der Waals surface area contributed by atoms with Crippen molar-refractivity contribution in [1.29, 1.82) is 0 Å². The molecular formula is C31H47FN2O6. The number of rotatable bonds is 20. The van der Waals surface area contributed by atoms with Crippen molar-refractivity contribution < 1.29 is 32.9 Å². The zero-order valence-corrected chi connectivity index (χ0v) is 24.5. The average Bonchev–Trinajstić information content (AvgIpc) is 2.91. The predicted molar refractivity (Wildman–Crippen MR) is 154 cm³/mol. The van der Waals surface area contributed by atoms with Crippen molar-refractivity contribution >= 4 is 6.09 Å². The monoisotopic (exact) mass is 562 g/mol. The van der Waals surface area contributed by atoms with Crippen molar-refractivity contribution in [3.8, 4) is 0 Å². The van der Waals surface area contributed by atoms with Crippen LogP contribution in [-0.2, 0) is 36.8 Å². The molecular weight excluding hydrogens is 515 g/mol. The van der Waals surface area contributed by atoms with Gasteiger partial charge >= 0.3 is 6.09 Å². The lowest BCUT2D eigenvalue weighted by molar-refractivity contribution is -0.0402. The Labute approximate surface area is 239 Å². The number of halogens is 1. The Morgan fingerprint density at radius 1 is 0.800 bits per heavy atom. The second kappa shape index (κ2) is 19.5. The molecule has 0 heterocycles. The van der Waals surface area contributed by atoms with Crippen LogP contribution in [0.25, 0.3) is 0 Å². The van der Waals surface area contributed by atoms with Gasteiger partial charge in [-0.25, -0.2) is 9.18 Å². The van der Waals surface area contributed by atoms with E-state index in [4.69, 9.17) is 23.7 Å². The van der Waals surface area contributed by atoms with Crippen LogP contribution in [0.5, 0.6) is 0 Å². The highest BCUT2D eigenvalue weighted by Gasteiger charge is 2.21. The molecule has 40 heavy (non-hydrogen) atoms. The number of alkyl halides is 1. The lowest BCUT2D eigenvalue weighted by atomic mass is 10.1. The summed E-state index contributed by atoms with van der Waals surface area (Å²) in [6, 6.07) is 20.2. The molecule has 0 aromatic heterocycles. The number of ether oxygens (including phenoxy) is 5. The summed E-state index contributed by atoms with van der Waals surface area (Å²) in [6.45, 7) is 11.9. The van der Waals surface area contributed by atoms with Gasteiger partial charge in [-0.15, -0.1) is 0 Å². The Morgan fingerprint density at radius 3 is 1.77 bits per heavy atom. The zero-order valence-electron chi connectivity index (χ0n) is 24.5. The molecule has 9 heteroatoms. The molecule has 0 aliphatic heterocycles. The van der Waals surface area contributed by atoms with E-state index in [0.29, 0.717) is 65.9 Å². The van der Waals surface area contributed by atoms with E-state index in [0.717, 1.165) is 11.1 Å². The Hall–Kier alpha value is -2.56. The van der Waals surface area contributed by atoms with E-state index in [-0.39, 0.29) is 6.54 Å². The van der Waals surface area contributed by atoms with Crippen molar-refractivity contribution in [2.24, 2.45) is 0 Å². The summed E-state index contributed by atoms with van der Waals surface area (Å²) in [4.78, 5) is 13.6. The molecule has 1 N–H and O–H groups in total. The van der Waals surface area contributed by atoms with Crippen molar-refractivity contribution in [1.82, 2.24) is 10.2 Å². The first-order chi connectivity index (χ1) is 19.2. The van der Waals surface area contributed by atoms with Gasteiger partial charge in [-0.1, -0.05) is 60.7 Å². The number of nitrogens with zero attached hydrogens (tertiary/aromatic N) is 1. The van der Waals surface area contributed by atoms with Crippen LogP contribution < -0.4 is 5.32 Å². The van der Waals surface area contributed by atoms with Crippen molar-refractivity contribution in [2.75, 3.05) is 59.3 Å². The molecule has 2 unspecified atom stereocenters. The second-order valence-electron chi connectivity index (χ2n) is 10.5. The molecule has 0 aliphatic carbocycles. The Balaban J connectivity index is 1.51. The highest BCUT2D eigenvalue weighted by molar-refractivity contribution is 5.67. The zero-order chi connectivity index (χ0) is 29.1. The number of hydrogen-bond donors (Lipinski definition) is 1. The molecule has 0 aliphatic rings. The lowest BCUT2D eigenvalue weighted by Gasteiger charge is -2.27. The Bertz CT molecular complexity index is 872. The third-order valence-corrected chi connectivity index (χ3v) is 5.71. The fraction of sp³-hybridized carbons (Fsp3) is 0.581. The maximum absolute atomic E-state index is 15.1. The van der Waals surface area contributed by atoms with Crippen LogP contribution in [0, 0.1) is 0 Å². The van der Waals surface area contributed by atoms with Gasteiger partial charge < -0.3 is 29.0 Å². The normalized spacial score (nSPS) is 13.2. The minimum atomic E-state index is -1.13. The number of carbonyl (C=O) groups is 1. The third-order valence-electron chi connectivity index (χ3n) is 5.71. The first-order valence-corrected chi connectivity index (χ1v) is 14.0. The van der Waals surface area contributed by atoms with Gasteiger partial charge in [0, 0.05) is 26.2 Å². The van der Waals surface area contributed by atoms with Gasteiger partial charge in [0.2, 0.25) is 0 Å². The van der Waals surface area contributed by atoms with E-state index in [2.05, 4.69) is 34.5 Å². The smallest absolute Gasteiger partial charge is 0.407 e. The Kier molecular flexibility index (Phi) is 16.4. The van der Waals surface area contributed by atoms with Crippen molar-refractivity contribution in [3.63, 3.8) is 0 Å². The number of amides is 1. The van der Waals surface area contributed by atoms with Crippen LogP contribution in [0.4, 0.5) is 9.18 Å². The third kappa shape index (κ3) is 16.5. The van der Waals surface area contributed by atoms with Crippen LogP contribution in [0.15, 0.2) is 60.7 Å². The molecule has 224 valence electrons. The molecule has 2 atom stereocenters. The molecule has 0 spiro atoms. The molecule has 0 radical (unpaired) electrons. The fourth-order valence-electron chi connectivity index (χ4n) is 3.74. The molecule has 0 saturated heterocycles. The van der Waals surface area contributed by atoms with E-state index >= 15 is 4.39 Å². The number of nitrogens with one attached hydrogen (secondary N) is 1. The lowest BCUT2D eigenvalue weighted by Crippen LogP contribution is -2.36. The molecule has 0 bridgehead atoms. The van der Waals surface area contributed by atoms with Gasteiger partial charge in [0.1, 0.15) is 11.8 Å². The predicted octanol–water partition coefficient (Wildman–Crippen LogP) is 5.01. The van der Waals surface area contributed by atoms with Gasteiger partial charge in [-0.2, -0.15) is 0 Å². The Morgan fingerprint density at radius 2 is 1.27 bits per heavy atom. The SMILES string of the molecule is CC(OCCOCCOCCOCCNC(=O)OC(C)(C)C)C(F)CN(Cc1ccccc1)Cc1ccccc1. The van der Waals surface area contributed by atoms with E-state index in [1.54, 1.807) is 6.92 Å². The largest absolute Gasteiger partial charge is 0.444 e. The van der Waals surface area contributed by atoms with Gasteiger partial charge in [0.05, 0.1) is 52.4 Å². The highest BCUT2D eigenvalue weighted by Crippen LogP contribution is 2.14. The summed E-state index contributed by atoms with van der Waals surface area (Å²) in [5.41, 5.74) is 1.78. The summed E-state index contributed by atoms with van der Waals surface area (Å²) in [5.74, 6) is 0. The number of hydrogen-bond acceptors (Lipinski definition) is 7. The highest BCUT2D eigenvalue weighted by atomic mass is 19.1. The maximum atomic E-state index is 15.1. The molecule has 1 amide bonds. The summed E-state index contributed by atoms with van der Waals surface area (Å²) >= 11 is 0. The van der Waals surface area contributed by atoms with Crippen molar-refractivity contribution in [3.05, 3.63) is 71.8 Å². The van der Waals surface area contributed by atoms with Crippen LogP contribution in [0.2, 0.25) is 0 Å². The summed E-state index contributed by atoms with van der Waals surface area (Å²) < 4.78 is 42.4. The first-order valence-electron chi connectivity index (χ1n) is 14.0. The molecule has 8 nitrogen and oxygen atoms in total. The quantitative estimate of drug-likeness (QED) is 0.228.